The third kappa shape index (κ3) is 8.79. The number of rotatable bonds is 10. The van der Waals surface area contributed by atoms with Crippen LogP contribution in [0.3, 0.4) is 0 Å². The van der Waals surface area contributed by atoms with E-state index in [0.29, 0.717) is 11.8 Å². The van der Waals surface area contributed by atoms with Crippen molar-refractivity contribution in [3.8, 4) is 39.5 Å². The Balaban J connectivity index is 0.000000221. The van der Waals surface area contributed by atoms with Crippen LogP contribution in [0.25, 0.3) is 72.4 Å². The molecule has 0 saturated heterocycles. The first-order chi connectivity index (χ1) is 29.8. The molecular weight excluding hydrogens is 951 g/mol. The fourth-order valence-corrected chi connectivity index (χ4v) is 10.1. The van der Waals surface area contributed by atoms with Crippen molar-refractivity contribution in [3.63, 3.8) is 0 Å². The minimum absolute atomic E-state index is 0. The van der Waals surface area contributed by atoms with Crippen LogP contribution in [-0.4, -0.2) is 22.6 Å². The van der Waals surface area contributed by atoms with Crippen LogP contribution in [0.5, 0.6) is 0 Å². The van der Waals surface area contributed by atoms with E-state index >= 15 is 0 Å². The fraction of sp³-hybridized carbons (Fsp3) is 0.250. The number of fused-ring (bicyclic) bond motifs is 4. The minimum Gasteiger partial charge on any atom is -0.501 e. The Kier molecular flexibility index (Phi) is 13.2. The zero-order valence-corrected chi connectivity index (χ0v) is 40.8. The predicted molar refractivity (Wildman–Crippen MR) is 261 cm³/mol. The van der Waals surface area contributed by atoms with E-state index in [4.69, 9.17) is 10.8 Å². The molecule has 6 aromatic carbocycles. The van der Waals surface area contributed by atoms with Gasteiger partial charge in [0, 0.05) is 38.7 Å². The molecule has 0 fully saturated rings. The van der Waals surface area contributed by atoms with Crippen LogP contribution in [0.4, 0.5) is 0 Å². The van der Waals surface area contributed by atoms with Gasteiger partial charge in [-0.05, 0) is 81.9 Å². The van der Waals surface area contributed by atoms with E-state index in [2.05, 4.69) is 180 Å². The largest absolute Gasteiger partial charge is 0.501 e. The van der Waals surface area contributed by atoms with Gasteiger partial charge in [-0.15, -0.1) is 54.1 Å². The van der Waals surface area contributed by atoms with Gasteiger partial charge in [0.05, 0.1) is 30.5 Å². The second kappa shape index (κ2) is 18.9. The molecular formula is C56H57IrN3OSi-2. The molecule has 0 atom stereocenters. The maximum atomic E-state index is 8.92. The molecule has 0 aliphatic carbocycles. The van der Waals surface area contributed by atoms with E-state index in [0.717, 1.165) is 74.0 Å². The van der Waals surface area contributed by atoms with Gasteiger partial charge in [0.1, 0.15) is 5.58 Å². The third-order valence-electron chi connectivity index (χ3n) is 11.8. The Morgan fingerprint density at radius 3 is 2.05 bits per heavy atom. The molecule has 0 spiro atoms. The van der Waals surface area contributed by atoms with Crippen LogP contribution < -0.4 is 5.19 Å². The summed E-state index contributed by atoms with van der Waals surface area (Å²) in [7, 11) is -1.54. The number of aromatic nitrogens is 3. The molecule has 0 N–H and O–H groups in total. The Bertz CT molecular complexity index is 2970. The monoisotopic (exact) mass is 1010 g/mol. The summed E-state index contributed by atoms with van der Waals surface area (Å²) in [5, 5.41) is 3.48. The molecule has 3 aromatic heterocycles. The van der Waals surface area contributed by atoms with Crippen LogP contribution in [-0.2, 0) is 20.1 Å². The molecule has 0 unspecified atom stereocenters. The van der Waals surface area contributed by atoms with Gasteiger partial charge in [0.25, 0.3) is 0 Å². The van der Waals surface area contributed by atoms with E-state index in [1.165, 1.54) is 33.1 Å². The van der Waals surface area contributed by atoms with Gasteiger partial charge in [-0.1, -0.05) is 157 Å². The summed E-state index contributed by atoms with van der Waals surface area (Å²) < 4.78 is 17.9. The van der Waals surface area contributed by atoms with Gasteiger partial charge < -0.3 is 14.0 Å². The van der Waals surface area contributed by atoms with Crippen LogP contribution in [0.1, 0.15) is 90.2 Å². The van der Waals surface area contributed by atoms with E-state index < -0.39 is 14.0 Å². The third-order valence-corrected chi connectivity index (χ3v) is 13.8. The molecule has 3 heterocycles. The topological polar surface area (TPSA) is 43.9 Å². The molecule has 1 radical (unpaired) electrons. The molecule has 9 aromatic rings. The maximum Gasteiger partial charge on any atom is 0.121 e. The molecule has 0 saturated carbocycles. The minimum atomic E-state index is -1.54. The van der Waals surface area contributed by atoms with E-state index in [9.17, 15) is 0 Å². The first-order valence-corrected chi connectivity index (χ1v) is 25.3. The Labute approximate surface area is 384 Å². The van der Waals surface area contributed by atoms with Gasteiger partial charge in [0.2, 0.25) is 0 Å². The number of furan rings is 1. The van der Waals surface area contributed by atoms with E-state index in [-0.39, 0.29) is 20.1 Å². The average Bonchev–Trinajstić information content (AvgIpc) is 3.87. The van der Waals surface area contributed by atoms with Crippen molar-refractivity contribution in [3.05, 3.63) is 168 Å². The zero-order valence-electron chi connectivity index (χ0n) is 38.4. The summed E-state index contributed by atoms with van der Waals surface area (Å²) in [5.74, 6) is 1.03. The SMILES string of the molecule is CC(C)c1cccc(C(C)C)c1-n1c(-c2[c-]ccc3c2oc2cc(-c4ccccc4)ccc23)nc2ccccc21.[2H]C(CC)(CC)c1cc(-c2[c-]cccc2)ncc1[Si](C)(C)C.[Ir]. The van der Waals surface area contributed by atoms with Crippen LogP contribution >= 0.6 is 0 Å². The van der Waals surface area contributed by atoms with Crippen molar-refractivity contribution in [2.75, 3.05) is 0 Å². The van der Waals surface area contributed by atoms with Gasteiger partial charge in [-0.25, -0.2) is 0 Å². The number of imidazole rings is 1. The second-order valence-corrected chi connectivity index (χ2v) is 22.6. The number of benzene rings is 6. The Morgan fingerprint density at radius 1 is 0.694 bits per heavy atom. The van der Waals surface area contributed by atoms with Crippen molar-refractivity contribution >= 4 is 46.2 Å². The van der Waals surface area contributed by atoms with Crippen molar-refractivity contribution in [2.45, 2.75) is 91.8 Å². The number of hydrogen-bond donors (Lipinski definition) is 0. The molecule has 9 rings (SSSR count). The summed E-state index contributed by atoms with van der Waals surface area (Å²) in [5.41, 5.74) is 13.8. The first-order valence-electron chi connectivity index (χ1n) is 22.3. The standard InChI is InChI=1S/C37H31N2O.C19H26NSi.Ir/c1-23(2)27-14-10-15-28(24(3)4)35(27)39-33-19-9-8-18-32(33)38-37(39)31-17-11-16-30-29-21-20-26(22-34(29)40-36(30)31)25-12-6-5-7-13-25;1-6-15(7-2)17-13-18(16-11-9-8-10-12-16)20-14-19(17)21(3,4)5;/h5-16,18-24H,1-4H3;8-11,13-15H,6-7H2,1-5H3;/q2*-1;/i;15D;. The summed E-state index contributed by atoms with van der Waals surface area (Å²) in [4.78, 5) is 9.90. The molecule has 0 bridgehead atoms. The molecule has 0 aliphatic heterocycles. The van der Waals surface area contributed by atoms with E-state index in [1.54, 1.807) is 0 Å². The molecule has 0 amide bonds. The Hall–Kier alpha value is -5.39. The quantitative estimate of drug-likeness (QED) is 0.101. The molecule has 62 heavy (non-hydrogen) atoms. The van der Waals surface area contributed by atoms with Crippen molar-refractivity contribution in [1.29, 1.82) is 0 Å². The van der Waals surface area contributed by atoms with Gasteiger partial charge in [-0.2, -0.15) is 0 Å². The summed E-state index contributed by atoms with van der Waals surface area (Å²) >= 11 is 0. The van der Waals surface area contributed by atoms with Crippen LogP contribution in [0.15, 0.2) is 144 Å². The first kappa shape index (κ1) is 43.3. The number of pyridine rings is 1. The summed E-state index contributed by atoms with van der Waals surface area (Å²) in [6, 6.07) is 52.9. The molecule has 6 heteroatoms. The van der Waals surface area contributed by atoms with Gasteiger partial charge in [-0.3, -0.25) is 4.98 Å². The predicted octanol–water partition coefficient (Wildman–Crippen LogP) is 15.3. The van der Waals surface area contributed by atoms with Crippen molar-refractivity contribution in [1.82, 2.24) is 14.5 Å². The Morgan fingerprint density at radius 2 is 1.39 bits per heavy atom. The molecule has 4 nitrogen and oxygen atoms in total. The van der Waals surface area contributed by atoms with Crippen molar-refractivity contribution in [2.24, 2.45) is 0 Å². The number of nitrogens with zero attached hydrogens (tertiary/aromatic N) is 3. The summed E-state index contributed by atoms with van der Waals surface area (Å²) in [6.07, 6.45) is 3.66. The molecule has 317 valence electrons. The van der Waals surface area contributed by atoms with Crippen molar-refractivity contribution < 1.29 is 25.9 Å². The summed E-state index contributed by atoms with van der Waals surface area (Å²) in [6.45, 7) is 20.2. The van der Waals surface area contributed by atoms with Crippen LogP contribution in [0.2, 0.25) is 19.6 Å². The zero-order chi connectivity index (χ0) is 43.8. The number of hydrogen-bond acceptors (Lipinski definition) is 3. The number of para-hydroxylation sites is 3. The van der Waals surface area contributed by atoms with E-state index in [1.807, 2.05) is 42.6 Å². The average molecular weight is 1010 g/mol. The normalized spacial score (nSPS) is 12.1. The van der Waals surface area contributed by atoms with Gasteiger partial charge in [0.15, 0.2) is 0 Å². The second-order valence-electron chi connectivity index (χ2n) is 17.6. The maximum absolute atomic E-state index is 8.92. The molecule has 0 aliphatic rings. The fourth-order valence-electron chi connectivity index (χ4n) is 8.58. The van der Waals surface area contributed by atoms with Crippen LogP contribution in [0, 0.1) is 12.1 Å². The van der Waals surface area contributed by atoms with Gasteiger partial charge >= 0.3 is 0 Å². The smallest absolute Gasteiger partial charge is 0.121 e.